The molecular formula is C13H17N5OS. The van der Waals surface area contributed by atoms with Crippen molar-refractivity contribution in [3.63, 3.8) is 0 Å². The Balaban J connectivity index is 2.01. The van der Waals surface area contributed by atoms with Crippen LogP contribution in [0, 0.1) is 5.92 Å². The third-order valence-electron chi connectivity index (χ3n) is 2.55. The van der Waals surface area contributed by atoms with Gasteiger partial charge < -0.3 is 5.32 Å². The van der Waals surface area contributed by atoms with Crippen molar-refractivity contribution in [2.75, 3.05) is 17.7 Å². The van der Waals surface area contributed by atoms with Crippen molar-refractivity contribution in [2.45, 2.75) is 20.3 Å². The van der Waals surface area contributed by atoms with E-state index in [1.54, 1.807) is 25.4 Å². The molecular weight excluding hydrogens is 274 g/mol. The number of carbonyl (C=O) groups is 1. The molecule has 0 radical (unpaired) electrons. The average Bonchev–Trinajstić information content (AvgIpc) is 2.85. The number of rotatable bonds is 5. The summed E-state index contributed by atoms with van der Waals surface area (Å²) in [4.78, 5) is 16.1. The van der Waals surface area contributed by atoms with Crippen LogP contribution >= 0.6 is 11.3 Å². The fraction of sp³-hybridized carbons (Fsp3) is 0.385. The summed E-state index contributed by atoms with van der Waals surface area (Å²) >= 11 is 1.40. The number of hydrogen-bond acceptors (Lipinski definition) is 6. The minimum Gasteiger partial charge on any atom is -0.387 e. The summed E-state index contributed by atoms with van der Waals surface area (Å²) in [6.45, 7) is 4.24. The van der Waals surface area contributed by atoms with Crippen LogP contribution in [-0.2, 0) is 6.42 Å². The number of hydrogen-bond donors (Lipinski definition) is 2. The second kappa shape index (κ2) is 6.42. The lowest BCUT2D eigenvalue weighted by Gasteiger charge is -2.02. The lowest BCUT2D eigenvalue weighted by Crippen LogP contribution is -2.13. The molecule has 7 heteroatoms. The highest BCUT2D eigenvalue weighted by Gasteiger charge is 2.11. The van der Waals surface area contributed by atoms with Crippen molar-refractivity contribution in [2.24, 2.45) is 5.92 Å². The van der Waals surface area contributed by atoms with E-state index >= 15 is 0 Å². The minimum atomic E-state index is -0.278. The fourth-order valence-electron chi connectivity index (χ4n) is 1.57. The van der Waals surface area contributed by atoms with Crippen LogP contribution < -0.4 is 10.6 Å². The van der Waals surface area contributed by atoms with E-state index < -0.39 is 0 Å². The molecule has 1 amide bonds. The van der Waals surface area contributed by atoms with E-state index in [-0.39, 0.29) is 5.91 Å². The molecule has 0 fully saturated rings. The van der Waals surface area contributed by atoms with Gasteiger partial charge in [-0.2, -0.15) is 0 Å². The fourth-order valence-corrected chi connectivity index (χ4v) is 2.52. The molecule has 0 spiro atoms. The number of aromatic nitrogens is 3. The van der Waals surface area contributed by atoms with E-state index in [1.807, 2.05) is 0 Å². The van der Waals surface area contributed by atoms with E-state index in [4.69, 9.17) is 0 Å². The Morgan fingerprint density at radius 3 is 2.75 bits per heavy atom. The van der Waals surface area contributed by atoms with Crippen LogP contribution in [0.4, 0.5) is 10.8 Å². The van der Waals surface area contributed by atoms with Gasteiger partial charge in [-0.05, 0) is 18.1 Å². The van der Waals surface area contributed by atoms with Crippen molar-refractivity contribution in [1.29, 1.82) is 0 Å². The molecule has 106 valence electrons. The smallest absolute Gasteiger partial charge is 0.276 e. The van der Waals surface area contributed by atoms with Crippen LogP contribution in [0.3, 0.4) is 0 Å². The van der Waals surface area contributed by atoms with Gasteiger partial charge in [-0.25, -0.2) is 4.98 Å². The molecule has 2 N–H and O–H groups in total. The number of anilines is 2. The van der Waals surface area contributed by atoms with Crippen molar-refractivity contribution in [3.8, 4) is 0 Å². The summed E-state index contributed by atoms with van der Waals surface area (Å²) in [5, 5.41) is 15.1. The first-order valence-corrected chi connectivity index (χ1v) is 7.17. The molecule has 0 atom stereocenters. The maximum atomic E-state index is 12.0. The lowest BCUT2D eigenvalue weighted by atomic mass is 10.1. The van der Waals surface area contributed by atoms with Crippen molar-refractivity contribution < 1.29 is 4.79 Å². The first kappa shape index (κ1) is 14.4. The Labute approximate surface area is 121 Å². The maximum Gasteiger partial charge on any atom is 0.276 e. The second-order valence-electron chi connectivity index (χ2n) is 4.74. The third-order valence-corrected chi connectivity index (χ3v) is 3.42. The van der Waals surface area contributed by atoms with Gasteiger partial charge in [-0.3, -0.25) is 10.1 Å². The van der Waals surface area contributed by atoms with Gasteiger partial charge in [0.05, 0.1) is 11.9 Å². The van der Waals surface area contributed by atoms with Gasteiger partial charge in [0.15, 0.2) is 0 Å². The van der Waals surface area contributed by atoms with Gasteiger partial charge in [0.1, 0.15) is 10.7 Å². The largest absolute Gasteiger partial charge is 0.387 e. The summed E-state index contributed by atoms with van der Waals surface area (Å²) in [7, 11) is 1.80. The molecule has 2 aromatic rings. The summed E-state index contributed by atoms with van der Waals surface area (Å²) in [5.41, 5.74) is 1.21. The zero-order valence-electron chi connectivity index (χ0n) is 11.7. The normalized spacial score (nSPS) is 10.6. The summed E-state index contributed by atoms with van der Waals surface area (Å²) in [5.74, 6) is 0.238. The highest BCUT2D eigenvalue weighted by atomic mass is 32.1. The number of amides is 1. The lowest BCUT2D eigenvalue weighted by molar-refractivity contribution is 0.102. The topological polar surface area (TPSA) is 79.8 Å². The van der Waals surface area contributed by atoms with E-state index in [1.165, 1.54) is 11.3 Å². The van der Waals surface area contributed by atoms with E-state index in [0.29, 0.717) is 16.7 Å². The van der Waals surface area contributed by atoms with Gasteiger partial charge in [-0.15, -0.1) is 10.2 Å². The molecule has 6 nitrogen and oxygen atoms in total. The predicted molar refractivity (Wildman–Crippen MR) is 80.2 cm³/mol. The standard InChI is InChI=1S/C13H17N5OS/c1-8(2)6-11-17-18-13(20-11)16-12(19)10-5-4-9(14-3)7-15-10/h4-5,7-8,14H,6H2,1-3H3,(H,16,18,19). The molecule has 0 saturated carbocycles. The van der Waals surface area contributed by atoms with Crippen LogP contribution in [0.5, 0.6) is 0 Å². The van der Waals surface area contributed by atoms with E-state index in [9.17, 15) is 4.79 Å². The molecule has 20 heavy (non-hydrogen) atoms. The molecule has 0 saturated heterocycles. The van der Waals surface area contributed by atoms with Gasteiger partial charge in [0.25, 0.3) is 5.91 Å². The van der Waals surface area contributed by atoms with Crippen LogP contribution in [0.25, 0.3) is 0 Å². The summed E-state index contributed by atoms with van der Waals surface area (Å²) in [6, 6.07) is 3.46. The summed E-state index contributed by atoms with van der Waals surface area (Å²) in [6.07, 6.45) is 2.47. The van der Waals surface area contributed by atoms with Crippen LogP contribution in [-0.4, -0.2) is 28.1 Å². The molecule has 0 aliphatic carbocycles. The van der Waals surface area contributed by atoms with Crippen molar-refractivity contribution in [3.05, 3.63) is 29.0 Å². The maximum absolute atomic E-state index is 12.0. The van der Waals surface area contributed by atoms with Gasteiger partial charge in [0, 0.05) is 13.5 Å². The Morgan fingerprint density at radius 1 is 1.35 bits per heavy atom. The van der Waals surface area contributed by atoms with Gasteiger partial charge in [-0.1, -0.05) is 25.2 Å². The third kappa shape index (κ3) is 3.74. The Hall–Kier alpha value is -2.02. The second-order valence-corrected chi connectivity index (χ2v) is 5.80. The predicted octanol–water partition coefficient (Wildman–Crippen LogP) is 2.43. The number of nitrogens with zero attached hydrogens (tertiary/aromatic N) is 3. The van der Waals surface area contributed by atoms with Gasteiger partial charge in [0.2, 0.25) is 5.13 Å². The number of nitrogens with one attached hydrogen (secondary N) is 2. The Morgan fingerprint density at radius 2 is 2.15 bits per heavy atom. The highest BCUT2D eigenvalue weighted by Crippen LogP contribution is 2.18. The SMILES string of the molecule is CNc1ccc(C(=O)Nc2nnc(CC(C)C)s2)nc1. The Kier molecular flexibility index (Phi) is 4.62. The van der Waals surface area contributed by atoms with Crippen molar-refractivity contribution in [1.82, 2.24) is 15.2 Å². The van der Waals surface area contributed by atoms with Crippen LogP contribution in [0.2, 0.25) is 0 Å². The molecule has 0 aromatic carbocycles. The van der Waals surface area contributed by atoms with E-state index in [2.05, 4.69) is 39.7 Å². The molecule has 0 unspecified atom stereocenters. The van der Waals surface area contributed by atoms with E-state index in [0.717, 1.165) is 17.1 Å². The molecule has 0 bridgehead atoms. The molecule has 2 rings (SSSR count). The molecule has 0 aliphatic heterocycles. The first-order valence-electron chi connectivity index (χ1n) is 6.36. The number of pyridine rings is 1. The van der Waals surface area contributed by atoms with Crippen LogP contribution in [0.15, 0.2) is 18.3 Å². The Bertz CT molecular complexity index is 579. The number of carbonyl (C=O) groups excluding carboxylic acids is 1. The zero-order chi connectivity index (χ0) is 14.5. The van der Waals surface area contributed by atoms with Gasteiger partial charge >= 0.3 is 0 Å². The first-order chi connectivity index (χ1) is 9.58. The summed E-state index contributed by atoms with van der Waals surface area (Å²) < 4.78 is 0. The monoisotopic (exact) mass is 291 g/mol. The minimum absolute atomic E-state index is 0.278. The molecule has 2 heterocycles. The zero-order valence-corrected chi connectivity index (χ0v) is 12.5. The molecule has 2 aromatic heterocycles. The van der Waals surface area contributed by atoms with Crippen LogP contribution in [0.1, 0.15) is 29.3 Å². The highest BCUT2D eigenvalue weighted by molar-refractivity contribution is 7.15. The average molecular weight is 291 g/mol. The quantitative estimate of drug-likeness (QED) is 0.884. The molecule has 0 aliphatic rings. The van der Waals surface area contributed by atoms with Crippen molar-refractivity contribution >= 4 is 28.1 Å².